The lowest BCUT2D eigenvalue weighted by atomic mass is 9.74. The van der Waals surface area contributed by atoms with Crippen molar-refractivity contribution >= 4 is 28.5 Å². The molecule has 4 rings (SSSR count). The number of H-pyrrole nitrogens is 1. The molecular weight excluding hydrogens is 440 g/mol. The van der Waals surface area contributed by atoms with E-state index in [0.717, 1.165) is 31.2 Å². The number of primary amides is 1. The predicted molar refractivity (Wildman–Crippen MR) is 137 cm³/mol. The Hall–Kier alpha value is -3.45. The average Bonchev–Trinajstić information content (AvgIpc) is 3.30. The highest BCUT2D eigenvalue weighted by atomic mass is 16.2. The molecule has 0 spiro atoms. The van der Waals surface area contributed by atoms with E-state index in [4.69, 9.17) is 5.73 Å². The number of aromatic amines is 1. The molecule has 3 N–H and O–H groups in total. The van der Waals surface area contributed by atoms with Gasteiger partial charge in [-0.3, -0.25) is 14.4 Å². The fourth-order valence-electron chi connectivity index (χ4n) is 5.43. The Morgan fingerprint density at radius 1 is 1.00 bits per heavy atom. The quantitative estimate of drug-likeness (QED) is 0.366. The van der Waals surface area contributed by atoms with Crippen LogP contribution in [0.3, 0.4) is 0 Å². The minimum Gasteiger partial charge on any atom is -0.368 e. The Labute approximate surface area is 206 Å². The van der Waals surface area contributed by atoms with E-state index >= 15 is 0 Å². The van der Waals surface area contributed by atoms with Gasteiger partial charge in [-0.25, -0.2) is 0 Å². The second-order valence-electron chi connectivity index (χ2n) is 9.81. The Morgan fingerprint density at radius 3 is 2.31 bits per heavy atom. The summed E-state index contributed by atoms with van der Waals surface area (Å²) < 4.78 is 0. The topological polar surface area (TPSA) is 99.5 Å². The maximum Gasteiger partial charge on any atom is 0.295 e. The zero-order chi connectivity index (χ0) is 25.0. The van der Waals surface area contributed by atoms with Crippen LogP contribution in [0.15, 0.2) is 60.8 Å². The van der Waals surface area contributed by atoms with Gasteiger partial charge in [0.1, 0.15) is 6.54 Å². The van der Waals surface area contributed by atoms with Gasteiger partial charge >= 0.3 is 0 Å². The van der Waals surface area contributed by atoms with E-state index in [1.54, 1.807) is 6.20 Å². The summed E-state index contributed by atoms with van der Waals surface area (Å²) >= 11 is 0. The van der Waals surface area contributed by atoms with Crippen LogP contribution in [-0.2, 0) is 16.0 Å². The zero-order valence-electron chi connectivity index (χ0n) is 20.5. The van der Waals surface area contributed by atoms with Gasteiger partial charge in [-0.1, -0.05) is 48.5 Å². The van der Waals surface area contributed by atoms with Crippen LogP contribution in [0.5, 0.6) is 0 Å². The molecule has 1 heterocycles. The van der Waals surface area contributed by atoms with Crippen molar-refractivity contribution in [1.29, 1.82) is 0 Å². The number of benzene rings is 2. The SMILES string of the molecule is CN(C)C1(CCc2ccccc2)CCC(N(CC(N)=O)C(=O)C(=O)c2c[nH]c3ccccc23)CC1. The van der Waals surface area contributed by atoms with Crippen molar-refractivity contribution in [1.82, 2.24) is 14.8 Å². The molecule has 1 aliphatic carbocycles. The summed E-state index contributed by atoms with van der Waals surface area (Å²) in [7, 11) is 4.22. The number of fused-ring (bicyclic) bond motifs is 1. The van der Waals surface area contributed by atoms with Gasteiger partial charge in [0.05, 0.1) is 5.56 Å². The predicted octanol–water partition coefficient (Wildman–Crippen LogP) is 3.54. The summed E-state index contributed by atoms with van der Waals surface area (Å²) in [5.74, 6) is -1.89. The molecule has 2 aromatic carbocycles. The van der Waals surface area contributed by atoms with E-state index in [1.165, 1.54) is 10.5 Å². The molecule has 3 aromatic rings. The number of nitrogens with one attached hydrogen (secondary N) is 1. The molecule has 184 valence electrons. The first kappa shape index (κ1) is 24.7. The number of hydrogen-bond acceptors (Lipinski definition) is 4. The maximum atomic E-state index is 13.4. The van der Waals surface area contributed by atoms with E-state index in [1.807, 2.05) is 30.3 Å². The summed E-state index contributed by atoms with van der Waals surface area (Å²) in [4.78, 5) is 45.2. The molecule has 1 saturated carbocycles. The molecule has 1 fully saturated rings. The molecule has 0 atom stereocenters. The second kappa shape index (κ2) is 10.4. The van der Waals surface area contributed by atoms with E-state index < -0.39 is 17.6 Å². The Bertz CT molecular complexity index is 1190. The van der Waals surface area contributed by atoms with Crippen molar-refractivity contribution < 1.29 is 14.4 Å². The van der Waals surface area contributed by atoms with Crippen LogP contribution in [-0.4, -0.2) is 64.6 Å². The van der Waals surface area contributed by atoms with Gasteiger partial charge in [-0.15, -0.1) is 0 Å². The number of nitrogens with two attached hydrogens (primary N) is 1. The van der Waals surface area contributed by atoms with Crippen molar-refractivity contribution in [2.24, 2.45) is 5.73 Å². The van der Waals surface area contributed by atoms with E-state index in [9.17, 15) is 14.4 Å². The highest BCUT2D eigenvalue weighted by molar-refractivity contribution is 6.45. The minimum absolute atomic E-state index is 0.00856. The fraction of sp³-hybridized carbons (Fsp3) is 0.393. The molecule has 7 heteroatoms. The van der Waals surface area contributed by atoms with Crippen molar-refractivity contribution in [3.05, 3.63) is 71.9 Å². The lowest BCUT2D eigenvalue weighted by Gasteiger charge is -2.47. The number of nitrogens with zero attached hydrogens (tertiary/aromatic N) is 2. The smallest absolute Gasteiger partial charge is 0.295 e. The monoisotopic (exact) mass is 474 g/mol. The normalized spacial score (nSPS) is 20.1. The van der Waals surface area contributed by atoms with Gasteiger partial charge in [0, 0.05) is 28.7 Å². The number of ketones is 1. The molecule has 2 amide bonds. The molecule has 35 heavy (non-hydrogen) atoms. The summed E-state index contributed by atoms with van der Waals surface area (Å²) in [6.07, 6.45) is 6.74. The van der Waals surface area contributed by atoms with E-state index in [0.29, 0.717) is 23.8 Å². The first-order chi connectivity index (χ1) is 16.8. The van der Waals surface area contributed by atoms with Crippen LogP contribution in [0.25, 0.3) is 10.9 Å². The van der Waals surface area contributed by atoms with Gasteiger partial charge in [-0.2, -0.15) is 0 Å². The highest BCUT2D eigenvalue weighted by Gasteiger charge is 2.41. The van der Waals surface area contributed by atoms with Crippen LogP contribution in [0.1, 0.15) is 48.0 Å². The number of carbonyl (C=O) groups excluding carboxylic acids is 3. The number of rotatable bonds is 9. The average molecular weight is 475 g/mol. The van der Waals surface area contributed by atoms with Gasteiger partial charge in [0.25, 0.3) is 11.7 Å². The van der Waals surface area contributed by atoms with Crippen LogP contribution in [0, 0.1) is 0 Å². The zero-order valence-corrected chi connectivity index (χ0v) is 20.5. The van der Waals surface area contributed by atoms with Gasteiger partial charge in [-0.05, 0) is 64.3 Å². The van der Waals surface area contributed by atoms with E-state index in [-0.39, 0.29) is 18.1 Å². The van der Waals surface area contributed by atoms with Gasteiger partial charge in [0.2, 0.25) is 5.91 Å². The van der Waals surface area contributed by atoms with Crippen molar-refractivity contribution in [3.8, 4) is 0 Å². The number of amides is 2. The third-order valence-electron chi connectivity index (χ3n) is 7.61. The van der Waals surface area contributed by atoms with Gasteiger partial charge < -0.3 is 20.5 Å². The number of para-hydroxylation sites is 1. The summed E-state index contributed by atoms with van der Waals surface area (Å²) in [6.45, 7) is -0.253. The van der Waals surface area contributed by atoms with Crippen LogP contribution in [0.2, 0.25) is 0 Å². The highest BCUT2D eigenvalue weighted by Crippen LogP contribution is 2.38. The van der Waals surface area contributed by atoms with Gasteiger partial charge in [0.15, 0.2) is 0 Å². The third kappa shape index (κ3) is 5.30. The Kier molecular flexibility index (Phi) is 7.36. The number of aromatic nitrogens is 1. The summed E-state index contributed by atoms with van der Waals surface area (Å²) in [6, 6.07) is 17.6. The summed E-state index contributed by atoms with van der Waals surface area (Å²) in [5.41, 5.74) is 7.93. The number of aryl methyl sites for hydroxylation is 1. The fourth-order valence-corrected chi connectivity index (χ4v) is 5.43. The first-order valence-corrected chi connectivity index (χ1v) is 12.2. The van der Waals surface area contributed by atoms with Crippen molar-refractivity contribution in [2.75, 3.05) is 20.6 Å². The minimum atomic E-state index is -0.666. The molecule has 0 bridgehead atoms. The number of carbonyl (C=O) groups is 3. The summed E-state index contributed by atoms with van der Waals surface area (Å²) in [5, 5.41) is 0.695. The molecule has 7 nitrogen and oxygen atoms in total. The first-order valence-electron chi connectivity index (χ1n) is 12.2. The lowest BCUT2D eigenvalue weighted by molar-refractivity contribution is -0.134. The van der Waals surface area contributed by atoms with Crippen LogP contribution < -0.4 is 5.73 Å². The third-order valence-corrected chi connectivity index (χ3v) is 7.61. The standard InChI is InChI=1S/C28H34N4O3/c1-31(2)28(15-12-20-8-4-3-5-9-20)16-13-21(14-17-28)32(19-25(29)33)27(35)26(34)23-18-30-24-11-7-6-10-22(23)24/h3-11,18,21,30H,12-17,19H2,1-2H3,(H2,29,33). The second-order valence-corrected chi connectivity index (χ2v) is 9.81. The molecular formula is C28H34N4O3. The number of Topliss-reactive ketones (excluding diaryl/α,β-unsaturated/α-hetero) is 1. The largest absolute Gasteiger partial charge is 0.368 e. The Balaban J connectivity index is 1.49. The molecule has 0 radical (unpaired) electrons. The van der Waals surface area contributed by atoms with Crippen LogP contribution >= 0.6 is 0 Å². The lowest BCUT2D eigenvalue weighted by Crippen LogP contribution is -2.54. The maximum absolute atomic E-state index is 13.4. The molecule has 0 saturated heterocycles. The Morgan fingerprint density at radius 2 is 1.66 bits per heavy atom. The number of hydrogen-bond donors (Lipinski definition) is 2. The molecule has 1 aliphatic rings. The van der Waals surface area contributed by atoms with Crippen LogP contribution in [0.4, 0.5) is 0 Å². The van der Waals surface area contributed by atoms with E-state index in [2.05, 4.69) is 48.2 Å². The van der Waals surface area contributed by atoms with Crippen molar-refractivity contribution in [3.63, 3.8) is 0 Å². The molecule has 0 aliphatic heterocycles. The molecule has 1 aromatic heterocycles. The van der Waals surface area contributed by atoms with Crippen molar-refractivity contribution in [2.45, 2.75) is 50.1 Å². The molecule has 0 unspecified atom stereocenters.